The monoisotopic (exact) mass is 368 g/mol. The molecule has 1 saturated heterocycles. The quantitative estimate of drug-likeness (QED) is 0.740. The van der Waals surface area contributed by atoms with Gasteiger partial charge in [-0.25, -0.2) is 0 Å². The SMILES string of the molecule is C#CCCC1(CC(=O)N2CCN(C(=O)c3ccc4c(c3)OCO4)CC2)N=N1. The first-order chi connectivity index (χ1) is 13.1. The van der Waals surface area contributed by atoms with Crippen LogP contribution in [0.25, 0.3) is 0 Å². The number of fused-ring (bicyclic) bond motifs is 1. The van der Waals surface area contributed by atoms with Crippen LogP contribution in [0.15, 0.2) is 28.4 Å². The number of carbonyl (C=O) groups excluding carboxylic acids is 2. The number of amides is 2. The average molecular weight is 368 g/mol. The summed E-state index contributed by atoms with van der Waals surface area (Å²) in [6, 6.07) is 5.18. The Balaban J connectivity index is 1.30. The van der Waals surface area contributed by atoms with E-state index in [-0.39, 0.29) is 25.0 Å². The second-order valence-electron chi connectivity index (χ2n) is 6.80. The van der Waals surface area contributed by atoms with Gasteiger partial charge in [0.1, 0.15) is 0 Å². The van der Waals surface area contributed by atoms with Crippen LogP contribution >= 0.6 is 0 Å². The number of rotatable bonds is 5. The Morgan fingerprint density at radius 3 is 2.52 bits per heavy atom. The molecule has 0 bridgehead atoms. The van der Waals surface area contributed by atoms with E-state index < -0.39 is 5.66 Å². The third kappa shape index (κ3) is 3.58. The Labute approximate surface area is 157 Å². The summed E-state index contributed by atoms with van der Waals surface area (Å²) in [5.41, 5.74) is -0.0501. The molecular weight excluding hydrogens is 348 g/mol. The molecular formula is C19H20N4O4. The zero-order valence-electron chi connectivity index (χ0n) is 14.9. The van der Waals surface area contributed by atoms with Gasteiger partial charge in [-0.1, -0.05) is 0 Å². The molecule has 0 aromatic heterocycles. The summed E-state index contributed by atoms with van der Waals surface area (Å²) >= 11 is 0. The topological polar surface area (TPSA) is 83.8 Å². The summed E-state index contributed by atoms with van der Waals surface area (Å²) in [7, 11) is 0. The highest BCUT2D eigenvalue weighted by atomic mass is 16.7. The van der Waals surface area contributed by atoms with Crippen molar-refractivity contribution in [1.29, 1.82) is 0 Å². The standard InChI is InChI=1S/C19H20N4O4/c1-2-3-6-19(20-21-19)12-17(24)22-7-9-23(10-8-22)18(25)14-4-5-15-16(11-14)27-13-26-15/h1,4-5,11H,3,6-10,12-13H2. The van der Waals surface area contributed by atoms with Crippen LogP contribution in [0.5, 0.6) is 11.5 Å². The van der Waals surface area contributed by atoms with Gasteiger partial charge in [0.2, 0.25) is 18.4 Å². The van der Waals surface area contributed by atoms with E-state index in [1.54, 1.807) is 28.0 Å². The van der Waals surface area contributed by atoms with Crippen molar-refractivity contribution >= 4 is 11.8 Å². The minimum absolute atomic E-state index is 0.00667. The normalized spacial score (nSPS) is 18.9. The number of piperazine rings is 1. The molecule has 3 heterocycles. The Hall–Kier alpha value is -3.08. The molecule has 1 fully saturated rings. The van der Waals surface area contributed by atoms with Crippen molar-refractivity contribution in [2.75, 3.05) is 33.0 Å². The number of hydrogen-bond acceptors (Lipinski definition) is 6. The van der Waals surface area contributed by atoms with Crippen molar-refractivity contribution in [1.82, 2.24) is 9.80 Å². The summed E-state index contributed by atoms with van der Waals surface area (Å²) in [5, 5.41) is 8.03. The first-order valence-electron chi connectivity index (χ1n) is 8.94. The van der Waals surface area contributed by atoms with E-state index in [0.29, 0.717) is 56.1 Å². The summed E-state index contributed by atoms with van der Waals surface area (Å²) in [5.74, 6) is 3.73. The molecule has 140 valence electrons. The van der Waals surface area contributed by atoms with Crippen LogP contribution < -0.4 is 9.47 Å². The molecule has 1 aromatic carbocycles. The highest BCUT2D eigenvalue weighted by molar-refractivity contribution is 5.95. The van der Waals surface area contributed by atoms with Crippen molar-refractivity contribution in [3.8, 4) is 23.8 Å². The number of terminal acetylenes is 1. The summed E-state index contributed by atoms with van der Waals surface area (Å²) in [6.45, 7) is 2.16. The van der Waals surface area contributed by atoms with Gasteiger partial charge in [0.15, 0.2) is 11.5 Å². The fourth-order valence-corrected chi connectivity index (χ4v) is 3.33. The highest BCUT2D eigenvalue weighted by Crippen LogP contribution is 2.37. The Morgan fingerprint density at radius 1 is 1.11 bits per heavy atom. The smallest absolute Gasteiger partial charge is 0.254 e. The first kappa shape index (κ1) is 17.3. The average Bonchev–Trinajstić information content (AvgIpc) is 3.29. The van der Waals surface area contributed by atoms with Gasteiger partial charge >= 0.3 is 0 Å². The number of ether oxygens (including phenoxy) is 2. The van der Waals surface area contributed by atoms with E-state index in [0.717, 1.165) is 0 Å². The second-order valence-corrected chi connectivity index (χ2v) is 6.80. The van der Waals surface area contributed by atoms with Gasteiger partial charge in [0, 0.05) is 44.6 Å². The zero-order chi connectivity index (χ0) is 18.9. The maximum atomic E-state index is 12.7. The Kier molecular flexibility index (Phi) is 4.44. The molecule has 0 aliphatic carbocycles. The van der Waals surface area contributed by atoms with Gasteiger partial charge in [-0.05, 0) is 18.2 Å². The molecule has 0 atom stereocenters. The van der Waals surface area contributed by atoms with Gasteiger partial charge in [-0.2, -0.15) is 10.2 Å². The third-order valence-electron chi connectivity index (χ3n) is 5.03. The van der Waals surface area contributed by atoms with Crippen LogP contribution in [-0.4, -0.2) is 60.2 Å². The summed E-state index contributed by atoms with van der Waals surface area (Å²) in [4.78, 5) is 28.7. The fourth-order valence-electron chi connectivity index (χ4n) is 3.33. The number of benzene rings is 1. The molecule has 2 amide bonds. The molecule has 3 aliphatic rings. The van der Waals surface area contributed by atoms with Crippen molar-refractivity contribution in [3.63, 3.8) is 0 Å². The molecule has 0 saturated carbocycles. The molecule has 0 N–H and O–H groups in total. The maximum Gasteiger partial charge on any atom is 0.254 e. The minimum atomic E-state index is -0.608. The van der Waals surface area contributed by atoms with E-state index in [1.807, 2.05) is 0 Å². The van der Waals surface area contributed by atoms with Crippen molar-refractivity contribution < 1.29 is 19.1 Å². The van der Waals surface area contributed by atoms with Crippen LogP contribution in [0.4, 0.5) is 0 Å². The molecule has 27 heavy (non-hydrogen) atoms. The van der Waals surface area contributed by atoms with Gasteiger partial charge in [-0.15, -0.1) is 12.3 Å². The zero-order valence-corrected chi connectivity index (χ0v) is 14.9. The van der Waals surface area contributed by atoms with Crippen LogP contribution in [0, 0.1) is 12.3 Å². The predicted molar refractivity (Wildman–Crippen MR) is 95.3 cm³/mol. The maximum absolute atomic E-state index is 12.7. The van der Waals surface area contributed by atoms with Crippen LogP contribution in [-0.2, 0) is 4.79 Å². The predicted octanol–water partition coefficient (Wildman–Crippen LogP) is 1.67. The van der Waals surface area contributed by atoms with Crippen LogP contribution in [0.1, 0.15) is 29.6 Å². The minimum Gasteiger partial charge on any atom is -0.454 e. The van der Waals surface area contributed by atoms with Crippen molar-refractivity contribution in [2.45, 2.75) is 24.9 Å². The Bertz CT molecular complexity index is 831. The third-order valence-corrected chi connectivity index (χ3v) is 5.03. The van der Waals surface area contributed by atoms with Gasteiger partial charge in [-0.3, -0.25) is 9.59 Å². The molecule has 8 heteroatoms. The number of nitrogens with zero attached hydrogens (tertiary/aromatic N) is 4. The Morgan fingerprint density at radius 2 is 1.81 bits per heavy atom. The van der Waals surface area contributed by atoms with E-state index in [9.17, 15) is 9.59 Å². The van der Waals surface area contributed by atoms with Gasteiger partial charge in [0.05, 0.1) is 6.42 Å². The van der Waals surface area contributed by atoms with Crippen molar-refractivity contribution in [2.24, 2.45) is 10.2 Å². The van der Waals surface area contributed by atoms with E-state index in [4.69, 9.17) is 15.9 Å². The number of carbonyl (C=O) groups is 2. The van der Waals surface area contributed by atoms with Gasteiger partial charge < -0.3 is 19.3 Å². The molecule has 3 aliphatic heterocycles. The molecule has 1 aromatic rings. The molecule has 0 radical (unpaired) electrons. The number of hydrogen-bond donors (Lipinski definition) is 0. The van der Waals surface area contributed by atoms with Crippen LogP contribution in [0.2, 0.25) is 0 Å². The van der Waals surface area contributed by atoms with Crippen molar-refractivity contribution in [3.05, 3.63) is 23.8 Å². The lowest BCUT2D eigenvalue weighted by Crippen LogP contribution is -2.51. The second kappa shape index (κ2) is 6.91. The first-order valence-corrected chi connectivity index (χ1v) is 8.94. The van der Waals surface area contributed by atoms with E-state index in [1.165, 1.54) is 0 Å². The lowest BCUT2D eigenvalue weighted by molar-refractivity contribution is -0.133. The molecule has 0 unspecified atom stereocenters. The fraction of sp³-hybridized carbons (Fsp3) is 0.474. The molecule has 4 rings (SSSR count). The van der Waals surface area contributed by atoms with Crippen LogP contribution in [0.3, 0.4) is 0 Å². The largest absolute Gasteiger partial charge is 0.454 e. The summed E-state index contributed by atoms with van der Waals surface area (Å²) < 4.78 is 10.6. The molecule has 8 nitrogen and oxygen atoms in total. The van der Waals surface area contributed by atoms with Gasteiger partial charge in [0.25, 0.3) is 5.91 Å². The van der Waals surface area contributed by atoms with E-state index in [2.05, 4.69) is 16.1 Å². The lowest BCUT2D eigenvalue weighted by atomic mass is 10.0. The lowest BCUT2D eigenvalue weighted by Gasteiger charge is -2.35. The highest BCUT2D eigenvalue weighted by Gasteiger charge is 2.43. The summed E-state index contributed by atoms with van der Waals surface area (Å²) in [6.07, 6.45) is 6.69. The molecule has 0 spiro atoms. The van der Waals surface area contributed by atoms with E-state index >= 15 is 0 Å².